The van der Waals surface area contributed by atoms with Crippen LogP contribution in [0.4, 0.5) is 4.39 Å². The molecule has 0 saturated heterocycles. The van der Waals surface area contributed by atoms with Crippen molar-refractivity contribution in [2.24, 2.45) is 5.92 Å². The van der Waals surface area contributed by atoms with Gasteiger partial charge >= 0.3 is 0 Å². The third-order valence-corrected chi connectivity index (χ3v) is 3.96. The third-order valence-electron chi connectivity index (χ3n) is 3.37. The molecule has 18 heavy (non-hydrogen) atoms. The average molecular weight is 273 g/mol. The Morgan fingerprint density at radius 2 is 2.06 bits per heavy atom. The average Bonchev–Trinajstić information content (AvgIpc) is 2.39. The number of benzene rings is 1. The summed E-state index contributed by atoms with van der Waals surface area (Å²) in [5.41, 5.74) is 0.584. The van der Waals surface area contributed by atoms with Crippen molar-refractivity contribution in [3.63, 3.8) is 0 Å². The molecule has 0 aliphatic heterocycles. The highest BCUT2D eigenvalue weighted by Gasteiger charge is 2.22. The van der Waals surface area contributed by atoms with E-state index in [4.69, 9.17) is 16.3 Å². The third kappa shape index (κ3) is 3.88. The highest BCUT2D eigenvalue weighted by atomic mass is 35.5. The molecule has 0 aliphatic carbocycles. The van der Waals surface area contributed by atoms with Crippen LogP contribution in [0.2, 0.25) is 0 Å². The van der Waals surface area contributed by atoms with Gasteiger partial charge < -0.3 is 4.74 Å². The minimum atomic E-state index is -0.274. The maximum atomic E-state index is 13.9. The normalized spacial score (nSPS) is 14.3. The first-order valence-electron chi connectivity index (χ1n) is 6.61. The van der Waals surface area contributed by atoms with Crippen LogP contribution >= 0.6 is 11.6 Å². The van der Waals surface area contributed by atoms with E-state index < -0.39 is 0 Å². The Kier molecular flexibility index (Phi) is 6.48. The predicted octanol–water partition coefficient (Wildman–Crippen LogP) is 5.33. The lowest BCUT2D eigenvalue weighted by atomic mass is 9.91. The van der Waals surface area contributed by atoms with Gasteiger partial charge in [-0.3, -0.25) is 0 Å². The van der Waals surface area contributed by atoms with Crippen LogP contribution in [0.1, 0.15) is 50.5 Å². The Bertz CT molecular complexity index is 368. The van der Waals surface area contributed by atoms with Crippen LogP contribution in [0.25, 0.3) is 0 Å². The first-order chi connectivity index (χ1) is 8.63. The molecule has 0 spiro atoms. The van der Waals surface area contributed by atoms with Gasteiger partial charge in [0, 0.05) is 11.6 Å². The lowest BCUT2D eigenvalue weighted by Crippen LogP contribution is -2.09. The van der Waals surface area contributed by atoms with Crippen molar-refractivity contribution in [2.45, 2.75) is 44.9 Å². The van der Waals surface area contributed by atoms with Gasteiger partial charge in [0.1, 0.15) is 11.6 Å². The molecule has 0 saturated carbocycles. The molecule has 1 nitrogen and oxygen atoms in total. The van der Waals surface area contributed by atoms with E-state index in [9.17, 15) is 4.39 Å². The molecule has 0 bridgehead atoms. The number of alkyl halides is 1. The van der Waals surface area contributed by atoms with E-state index in [2.05, 4.69) is 13.8 Å². The zero-order valence-corrected chi connectivity index (χ0v) is 12.1. The quantitative estimate of drug-likeness (QED) is 0.610. The van der Waals surface area contributed by atoms with Gasteiger partial charge in [-0.25, -0.2) is 4.39 Å². The van der Waals surface area contributed by atoms with E-state index in [1.807, 2.05) is 0 Å². The Morgan fingerprint density at radius 3 is 2.56 bits per heavy atom. The molecule has 1 rings (SSSR count). The fraction of sp³-hybridized carbons (Fsp3) is 0.600. The van der Waals surface area contributed by atoms with Crippen LogP contribution in [0.3, 0.4) is 0 Å². The van der Waals surface area contributed by atoms with Crippen LogP contribution in [-0.2, 0) is 0 Å². The van der Waals surface area contributed by atoms with E-state index in [0.29, 0.717) is 17.2 Å². The summed E-state index contributed by atoms with van der Waals surface area (Å²) in [6.45, 7) is 4.26. The van der Waals surface area contributed by atoms with Gasteiger partial charge in [0.15, 0.2) is 0 Å². The largest absolute Gasteiger partial charge is 0.497 e. The fourth-order valence-corrected chi connectivity index (χ4v) is 2.62. The van der Waals surface area contributed by atoms with Crippen LogP contribution in [0, 0.1) is 11.7 Å². The standard InChI is InChI=1S/C15H22ClFO/c1-4-6-7-11(5-2)15(16)13-9-8-12(18-3)10-14(13)17/h8-11,15H,4-7H2,1-3H3. The van der Waals surface area contributed by atoms with Crippen molar-refractivity contribution >= 4 is 11.6 Å². The first kappa shape index (κ1) is 15.3. The summed E-state index contributed by atoms with van der Waals surface area (Å²) in [6.07, 6.45) is 4.30. The molecule has 2 unspecified atom stereocenters. The Hall–Kier alpha value is -0.760. The fourth-order valence-electron chi connectivity index (χ4n) is 2.14. The number of hydrogen-bond donors (Lipinski definition) is 0. The van der Waals surface area contributed by atoms with Crippen LogP contribution < -0.4 is 4.74 Å². The molecule has 0 aromatic heterocycles. The van der Waals surface area contributed by atoms with E-state index >= 15 is 0 Å². The summed E-state index contributed by atoms with van der Waals surface area (Å²) in [6, 6.07) is 4.90. The van der Waals surface area contributed by atoms with Crippen molar-refractivity contribution < 1.29 is 9.13 Å². The molecule has 2 atom stereocenters. The van der Waals surface area contributed by atoms with Crippen molar-refractivity contribution in [3.8, 4) is 5.75 Å². The topological polar surface area (TPSA) is 9.23 Å². The van der Waals surface area contributed by atoms with Gasteiger partial charge in [-0.15, -0.1) is 11.6 Å². The summed E-state index contributed by atoms with van der Waals surface area (Å²) in [4.78, 5) is 0. The minimum Gasteiger partial charge on any atom is -0.497 e. The van der Waals surface area contributed by atoms with Crippen LogP contribution in [-0.4, -0.2) is 7.11 Å². The maximum Gasteiger partial charge on any atom is 0.131 e. The van der Waals surface area contributed by atoms with E-state index in [1.165, 1.54) is 13.2 Å². The Morgan fingerprint density at radius 1 is 1.33 bits per heavy atom. The summed E-state index contributed by atoms with van der Waals surface area (Å²) in [5, 5.41) is -0.257. The number of rotatable bonds is 7. The van der Waals surface area contributed by atoms with Gasteiger partial charge in [-0.2, -0.15) is 0 Å². The van der Waals surface area contributed by atoms with Crippen LogP contribution in [0.15, 0.2) is 18.2 Å². The monoisotopic (exact) mass is 272 g/mol. The molecule has 3 heteroatoms. The Balaban J connectivity index is 2.83. The number of methoxy groups -OCH3 is 1. The van der Waals surface area contributed by atoms with Crippen molar-refractivity contribution in [3.05, 3.63) is 29.6 Å². The van der Waals surface area contributed by atoms with Crippen molar-refractivity contribution in [2.75, 3.05) is 7.11 Å². The summed E-state index contributed by atoms with van der Waals surface area (Å²) in [5.74, 6) is 0.584. The Labute approximate surface area is 114 Å². The zero-order valence-electron chi connectivity index (χ0n) is 11.4. The minimum absolute atomic E-state index is 0.257. The molecule has 0 amide bonds. The molecule has 0 N–H and O–H groups in total. The molecule has 0 radical (unpaired) electrons. The molecule has 0 fully saturated rings. The lowest BCUT2D eigenvalue weighted by Gasteiger charge is -2.21. The second kappa shape index (κ2) is 7.63. The van der Waals surface area contributed by atoms with Gasteiger partial charge in [0.25, 0.3) is 0 Å². The predicted molar refractivity (Wildman–Crippen MR) is 74.9 cm³/mol. The summed E-state index contributed by atoms with van der Waals surface area (Å²) >= 11 is 6.43. The van der Waals surface area contributed by atoms with Gasteiger partial charge in [0.2, 0.25) is 0 Å². The summed E-state index contributed by atoms with van der Waals surface area (Å²) in [7, 11) is 1.53. The smallest absolute Gasteiger partial charge is 0.131 e. The van der Waals surface area contributed by atoms with Crippen molar-refractivity contribution in [1.82, 2.24) is 0 Å². The second-order valence-electron chi connectivity index (χ2n) is 4.60. The second-order valence-corrected chi connectivity index (χ2v) is 5.07. The first-order valence-corrected chi connectivity index (χ1v) is 7.05. The highest BCUT2D eigenvalue weighted by Crippen LogP contribution is 2.36. The van der Waals surface area contributed by atoms with Gasteiger partial charge in [-0.05, 0) is 18.4 Å². The van der Waals surface area contributed by atoms with Crippen molar-refractivity contribution in [1.29, 1.82) is 0 Å². The van der Waals surface area contributed by atoms with E-state index in [-0.39, 0.29) is 11.2 Å². The molecular weight excluding hydrogens is 251 g/mol. The number of halogens is 2. The lowest BCUT2D eigenvalue weighted by molar-refractivity contribution is 0.406. The molecule has 1 aromatic rings. The molecule has 102 valence electrons. The molecule has 0 heterocycles. The number of unbranched alkanes of at least 4 members (excludes halogenated alkanes) is 1. The molecular formula is C15H22ClFO. The molecule has 1 aromatic carbocycles. The SMILES string of the molecule is CCCCC(CC)C(Cl)c1ccc(OC)cc1F. The molecule has 0 aliphatic rings. The van der Waals surface area contributed by atoms with Gasteiger partial charge in [-0.1, -0.05) is 39.2 Å². The highest BCUT2D eigenvalue weighted by molar-refractivity contribution is 6.21. The summed E-state index contributed by atoms with van der Waals surface area (Å²) < 4.78 is 18.9. The van der Waals surface area contributed by atoms with E-state index in [0.717, 1.165) is 25.7 Å². The number of ether oxygens (including phenoxy) is 1. The van der Waals surface area contributed by atoms with Crippen LogP contribution in [0.5, 0.6) is 5.75 Å². The number of hydrogen-bond acceptors (Lipinski definition) is 1. The van der Waals surface area contributed by atoms with E-state index in [1.54, 1.807) is 12.1 Å². The van der Waals surface area contributed by atoms with Gasteiger partial charge in [0.05, 0.1) is 12.5 Å². The maximum absolute atomic E-state index is 13.9. The zero-order chi connectivity index (χ0) is 13.5.